The summed E-state index contributed by atoms with van der Waals surface area (Å²) in [7, 11) is 3.25. The number of ether oxygens (including phenoxy) is 2. The Kier molecular flexibility index (Phi) is 4.71. The summed E-state index contributed by atoms with van der Waals surface area (Å²) < 4.78 is 10.9. The Bertz CT molecular complexity index is 664. The summed E-state index contributed by atoms with van der Waals surface area (Å²) in [6.07, 6.45) is 1.77. The van der Waals surface area contributed by atoms with Crippen molar-refractivity contribution in [1.82, 2.24) is 0 Å². The predicted molar refractivity (Wildman–Crippen MR) is 86.0 cm³/mol. The zero-order chi connectivity index (χ0) is 15.4. The van der Waals surface area contributed by atoms with Gasteiger partial charge >= 0.3 is 0 Å². The van der Waals surface area contributed by atoms with Crippen LogP contribution in [-0.4, -0.2) is 14.2 Å². The van der Waals surface area contributed by atoms with Gasteiger partial charge in [0.05, 0.1) is 25.5 Å². The lowest BCUT2D eigenvalue weighted by atomic mass is 10.0. The van der Waals surface area contributed by atoms with Crippen molar-refractivity contribution in [2.24, 2.45) is 0 Å². The normalized spacial score (nSPS) is 10.2. The van der Waals surface area contributed by atoms with Gasteiger partial charge in [0.2, 0.25) is 0 Å². The van der Waals surface area contributed by atoms with Gasteiger partial charge in [0.1, 0.15) is 22.4 Å². The smallest absolute Gasteiger partial charge is 0.131 e. The minimum absolute atomic E-state index is 0.543. The summed E-state index contributed by atoms with van der Waals surface area (Å²) in [4.78, 5) is 1.50. The van der Waals surface area contributed by atoms with Crippen molar-refractivity contribution in [3.05, 3.63) is 28.6 Å². The monoisotopic (exact) mass is 302 g/mol. The molecule has 0 aliphatic carbocycles. The van der Waals surface area contributed by atoms with Gasteiger partial charge in [-0.2, -0.15) is 5.26 Å². The van der Waals surface area contributed by atoms with E-state index in [-0.39, 0.29) is 0 Å². The van der Waals surface area contributed by atoms with Crippen molar-refractivity contribution < 1.29 is 9.47 Å². The number of anilines is 1. The van der Waals surface area contributed by atoms with Gasteiger partial charge in [-0.1, -0.05) is 19.4 Å². The average molecular weight is 302 g/mol. The second-order valence-electron chi connectivity index (χ2n) is 4.55. The number of benzene rings is 1. The fraction of sp³-hybridized carbons (Fsp3) is 0.312. The fourth-order valence-electron chi connectivity index (χ4n) is 2.34. The van der Waals surface area contributed by atoms with Crippen molar-refractivity contribution >= 4 is 17.0 Å². The van der Waals surface area contributed by atoms with E-state index in [1.165, 1.54) is 11.3 Å². The lowest BCUT2D eigenvalue weighted by molar-refractivity contribution is 0.397. The molecule has 2 rings (SSSR count). The Hall–Kier alpha value is -2.19. The Morgan fingerprint density at radius 2 is 1.86 bits per heavy atom. The van der Waals surface area contributed by atoms with Gasteiger partial charge in [0, 0.05) is 4.88 Å². The number of hydrogen-bond acceptors (Lipinski definition) is 5. The van der Waals surface area contributed by atoms with Crippen LogP contribution in [0.3, 0.4) is 0 Å². The number of methoxy groups -OCH3 is 2. The summed E-state index contributed by atoms with van der Waals surface area (Å²) in [5.74, 6) is 1.44. The summed E-state index contributed by atoms with van der Waals surface area (Å²) in [5.41, 5.74) is 8.57. The molecule has 0 fully saturated rings. The molecule has 0 aliphatic heterocycles. The highest BCUT2D eigenvalue weighted by Gasteiger charge is 2.22. The minimum Gasteiger partial charge on any atom is -0.496 e. The van der Waals surface area contributed by atoms with Gasteiger partial charge in [0.15, 0.2) is 0 Å². The number of hydrogen-bond donors (Lipinski definition) is 1. The number of nitrogens with two attached hydrogens (primary N) is 1. The Balaban J connectivity index is 2.75. The van der Waals surface area contributed by atoms with E-state index < -0.39 is 0 Å². The molecular formula is C16H18N2O2S. The molecule has 0 saturated carbocycles. The largest absolute Gasteiger partial charge is 0.496 e. The van der Waals surface area contributed by atoms with Crippen molar-refractivity contribution in [1.29, 1.82) is 5.26 Å². The lowest BCUT2D eigenvalue weighted by Gasteiger charge is -2.13. The second-order valence-corrected chi connectivity index (χ2v) is 5.57. The molecule has 1 aromatic carbocycles. The van der Waals surface area contributed by atoms with Crippen LogP contribution in [0.2, 0.25) is 0 Å². The Morgan fingerprint density at radius 3 is 2.33 bits per heavy atom. The molecule has 4 nitrogen and oxygen atoms in total. The first-order valence-corrected chi connectivity index (χ1v) is 7.52. The van der Waals surface area contributed by atoms with Crippen molar-refractivity contribution in [2.75, 3.05) is 20.0 Å². The van der Waals surface area contributed by atoms with E-state index in [9.17, 15) is 5.26 Å². The van der Waals surface area contributed by atoms with E-state index in [4.69, 9.17) is 15.2 Å². The first-order valence-electron chi connectivity index (χ1n) is 6.70. The molecule has 1 heterocycles. The molecule has 0 atom stereocenters. The molecule has 0 saturated heterocycles. The van der Waals surface area contributed by atoms with Crippen LogP contribution in [0, 0.1) is 11.3 Å². The number of rotatable bonds is 5. The number of nitrogens with zero attached hydrogens (tertiary/aromatic N) is 1. The van der Waals surface area contributed by atoms with E-state index in [1.807, 2.05) is 18.2 Å². The zero-order valence-electron chi connectivity index (χ0n) is 12.4. The molecule has 0 spiro atoms. The summed E-state index contributed by atoms with van der Waals surface area (Å²) in [6, 6.07) is 7.82. The van der Waals surface area contributed by atoms with Gasteiger partial charge in [0.25, 0.3) is 0 Å². The number of nitrogen functional groups attached to an aromatic ring is 1. The maximum atomic E-state index is 9.24. The Morgan fingerprint density at radius 1 is 1.24 bits per heavy atom. The molecule has 0 amide bonds. The minimum atomic E-state index is 0.543. The van der Waals surface area contributed by atoms with Gasteiger partial charge in [-0.3, -0.25) is 0 Å². The van der Waals surface area contributed by atoms with E-state index in [0.29, 0.717) is 10.6 Å². The first-order chi connectivity index (χ1) is 10.2. The fourth-order valence-corrected chi connectivity index (χ4v) is 3.46. The summed E-state index contributed by atoms with van der Waals surface area (Å²) in [5, 5.41) is 9.24. The highest BCUT2D eigenvalue weighted by atomic mass is 32.1. The van der Waals surface area contributed by atoms with Crippen molar-refractivity contribution in [3.8, 4) is 28.0 Å². The Labute approximate surface area is 128 Å². The van der Waals surface area contributed by atoms with Gasteiger partial charge in [-0.05, 0) is 24.1 Å². The van der Waals surface area contributed by atoms with E-state index in [1.54, 1.807) is 14.2 Å². The van der Waals surface area contributed by atoms with Crippen LogP contribution < -0.4 is 15.2 Å². The van der Waals surface area contributed by atoms with Crippen LogP contribution in [-0.2, 0) is 6.42 Å². The predicted octanol–water partition coefficient (Wildman–Crippen LogP) is 3.84. The lowest BCUT2D eigenvalue weighted by Crippen LogP contribution is -1.96. The maximum Gasteiger partial charge on any atom is 0.131 e. The first kappa shape index (κ1) is 15.2. The van der Waals surface area contributed by atoms with Gasteiger partial charge in [-0.25, -0.2) is 0 Å². The number of thiophene rings is 1. The van der Waals surface area contributed by atoms with Gasteiger partial charge in [-0.15, -0.1) is 11.3 Å². The van der Waals surface area contributed by atoms with Crippen LogP contribution in [0.4, 0.5) is 5.69 Å². The molecule has 0 unspecified atom stereocenters. The van der Waals surface area contributed by atoms with Crippen LogP contribution in [0.15, 0.2) is 18.2 Å². The van der Waals surface area contributed by atoms with E-state index in [0.717, 1.165) is 40.3 Å². The van der Waals surface area contributed by atoms with Gasteiger partial charge < -0.3 is 15.2 Å². The molecular weight excluding hydrogens is 284 g/mol. The second kappa shape index (κ2) is 6.51. The SMILES string of the molecule is CCCc1c(-c2c(OC)cccc2OC)sc(C#N)c1N. The molecule has 2 aromatic rings. The molecule has 110 valence electrons. The molecule has 21 heavy (non-hydrogen) atoms. The third-order valence-electron chi connectivity index (χ3n) is 3.30. The highest BCUT2D eigenvalue weighted by Crippen LogP contribution is 2.46. The zero-order valence-corrected chi connectivity index (χ0v) is 13.2. The van der Waals surface area contributed by atoms with Crippen LogP contribution in [0.1, 0.15) is 23.8 Å². The van der Waals surface area contributed by atoms with Crippen molar-refractivity contribution in [3.63, 3.8) is 0 Å². The maximum absolute atomic E-state index is 9.24. The summed E-state index contributed by atoms with van der Waals surface area (Å²) in [6.45, 7) is 2.09. The topological polar surface area (TPSA) is 68.3 Å². The molecule has 1 aromatic heterocycles. The highest BCUT2D eigenvalue weighted by molar-refractivity contribution is 7.17. The summed E-state index contributed by atoms with van der Waals surface area (Å²) >= 11 is 1.39. The molecule has 5 heteroatoms. The van der Waals surface area contributed by atoms with E-state index >= 15 is 0 Å². The van der Waals surface area contributed by atoms with E-state index in [2.05, 4.69) is 13.0 Å². The van der Waals surface area contributed by atoms with Crippen molar-refractivity contribution in [2.45, 2.75) is 19.8 Å². The third-order valence-corrected chi connectivity index (χ3v) is 4.47. The molecule has 0 aliphatic rings. The number of nitriles is 1. The van der Waals surface area contributed by atoms with Crippen LogP contribution >= 0.6 is 11.3 Å². The average Bonchev–Trinajstić information content (AvgIpc) is 2.83. The molecule has 0 bridgehead atoms. The molecule has 2 N–H and O–H groups in total. The van der Waals surface area contributed by atoms with Crippen LogP contribution in [0.5, 0.6) is 11.5 Å². The van der Waals surface area contributed by atoms with Crippen LogP contribution in [0.25, 0.3) is 10.4 Å². The third kappa shape index (κ3) is 2.67. The molecule has 0 radical (unpaired) electrons. The quantitative estimate of drug-likeness (QED) is 0.911. The standard InChI is InChI=1S/C16H18N2O2S/c1-4-6-10-15(18)13(9-17)21-16(10)14-11(19-2)7-5-8-12(14)20-3/h5,7-8H,4,6,18H2,1-3H3.